The molecule has 6 rings (SSSR count). The van der Waals surface area contributed by atoms with E-state index in [4.69, 9.17) is 4.74 Å². The summed E-state index contributed by atoms with van der Waals surface area (Å²) in [6.45, 7) is 11.3. The zero-order valence-electron chi connectivity index (χ0n) is 26.6. The summed E-state index contributed by atoms with van der Waals surface area (Å²) in [4.78, 5) is 27.2. The van der Waals surface area contributed by atoms with Gasteiger partial charge in [-0.3, -0.25) is 4.90 Å². The molecular formula is C35H41F3N6O2. The van der Waals surface area contributed by atoms with Gasteiger partial charge in [0.1, 0.15) is 17.1 Å². The van der Waals surface area contributed by atoms with Crippen LogP contribution in [0, 0.1) is 6.92 Å². The number of likely N-dealkylation sites (N-methyl/N-ethyl adjacent to an activating group) is 1. The lowest BCUT2D eigenvalue weighted by Gasteiger charge is -2.35. The molecular weight excluding hydrogens is 593 g/mol. The third-order valence-electron chi connectivity index (χ3n) is 9.11. The number of urea groups is 1. The highest BCUT2D eigenvalue weighted by molar-refractivity contribution is 5.90. The number of fused-ring (bicyclic) bond motifs is 2. The highest BCUT2D eigenvalue weighted by atomic mass is 19.4. The molecule has 2 amide bonds. The van der Waals surface area contributed by atoms with Crippen molar-refractivity contribution in [1.29, 1.82) is 0 Å². The molecule has 11 heteroatoms. The molecule has 2 N–H and O–H groups in total. The van der Waals surface area contributed by atoms with Crippen LogP contribution >= 0.6 is 0 Å². The number of pyridine rings is 1. The Labute approximate surface area is 267 Å². The van der Waals surface area contributed by atoms with Crippen molar-refractivity contribution in [3.8, 4) is 11.5 Å². The van der Waals surface area contributed by atoms with Crippen molar-refractivity contribution in [3.63, 3.8) is 0 Å². The Morgan fingerprint density at radius 2 is 1.83 bits per heavy atom. The first-order valence-electron chi connectivity index (χ1n) is 16.1. The van der Waals surface area contributed by atoms with Crippen LogP contribution in [0.3, 0.4) is 0 Å². The van der Waals surface area contributed by atoms with Crippen molar-refractivity contribution < 1.29 is 22.7 Å². The number of rotatable bonds is 8. The average Bonchev–Trinajstić information content (AvgIpc) is 3.43. The first-order valence-corrected chi connectivity index (χ1v) is 16.1. The summed E-state index contributed by atoms with van der Waals surface area (Å²) in [5, 5.41) is 3.64. The van der Waals surface area contributed by atoms with Gasteiger partial charge in [0.25, 0.3) is 0 Å². The van der Waals surface area contributed by atoms with Crippen LogP contribution in [-0.2, 0) is 19.3 Å². The number of anilines is 1. The smallest absolute Gasteiger partial charge is 0.416 e. The first-order chi connectivity index (χ1) is 22.1. The topological polar surface area (TPSA) is 76.7 Å². The van der Waals surface area contributed by atoms with E-state index in [0.717, 1.165) is 73.9 Å². The van der Waals surface area contributed by atoms with Crippen molar-refractivity contribution in [2.24, 2.45) is 0 Å². The minimum absolute atomic E-state index is 0.106. The maximum Gasteiger partial charge on any atom is 0.416 e. The molecule has 0 spiro atoms. The Morgan fingerprint density at radius 1 is 1.04 bits per heavy atom. The Hall–Kier alpha value is -4.09. The number of H-pyrrole nitrogens is 1. The number of carbonyl (C=O) groups excluding carboxylic acids is 1. The number of hydrogen-bond acceptors (Lipinski definition) is 5. The lowest BCUT2D eigenvalue weighted by Crippen LogP contribution is -2.45. The van der Waals surface area contributed by atoms with Crippen molar-refractivity contribution in [3.05, 3.63) is 82.7 Å². The fourth-order valence-corrected chi connectivity index (χ4v) is 6.68. The molecule has 4 aromatic rings. The summed E-state index contributed by atoms with van der Waals surface area (Å²) in [5.74, 6) is 1.43. The van der Waals surface area contributed by atoms with Crippen molar-refractivity contribution >= 4 is 22.8 Å². The summed E-state index contributed by atoms with van der Waals surface area (Å²) in [6, 6.07) is 13.5. The lowest BCUT2D eigenvalue weighted by atomic mass is 9.86. The monoisotopic (exact) mass is 634 g/mol. The lowest BCUT2D eigenvalue weighted by molar-refractivity contribution is -0.138. The molecule has 0 aliphatic carbocycles. The van der Waals surface area contributed by atoms with Gasteiger partial charge in [-0.15, -0.1) is 0 Å². The number of aryl methyl sites for hydroxylation is 1. The van der Waals surface area contributed by atoms with E-state index in [1.165, 1.54) is 11.6 Å². The van der Waals surface area contributed by atoms with Crippen LogP contribution in [0.15, 0.2) is 54.7 Å². The number of alkyl halides is 3. The van der Waals surface area contributed by atoms with E-state index in [9.17, 15) is 18.0 Å². The van der Waals surface area contributed by atoms with Crippen LogP contribution in [0.1, 0.15) is 60.6 Å². The van der Waals surface area contributed by atoms with E-state index >= 15 is 0 Å². The van der Waals surface area contributed by atoms with E-state index in [-0.39, 0.29) is 23.7 Å². The van der Waals surface area contributed by atoms with Crippen LogP contribution in [0.25, 0.3) is 11.0 Å². The molecule has 0 bridgehead atoms. The largest absolute Gasteiger partial charge is 0.457 e. The Morgan fingerprint density at radius 3 is 2.57 bits per heavy atom. The molecule has 1 saturated heterocycles. The maximum atomic E-state index is 14.2. The van der Waals surface area contributed by atoms with E-state index in [2.05, 4.69) is 45.0 Å². The van der Waals surface area contributed by atoms with Crippen molar-refractivity contribution in [2.45, 2.75) is 58.8 Å². The van der Waals surface area contributed by atoms with Gasteiger partial charge in [0.05, 0.1) is 10.9 Å². The Kier molecular flexibility index (Phi) is 9.24. The number of amides is 2. The van der Waals surface area contributed by atoms with Gasteiger partial charge in [0.15, 0.2) is 0 Å². The number of nitrogens with zero attached hydrogens (tertiary/aromatic N) is 4. The van der Waals surface area contributed by atoms with E-state index in [1.54, 1.807) is 17.2 Å². The molecule has 2 aromatic heterocycles. The third kappa shape index (κ3) is 7.00. The average molecular weight is 635 g/mol. The zero-order chi connectivity index (χ0) is 32.4. The standard InChI is InChI=1S/C35H41F3N6O2/c1-4-6-24-21-44(22-26-18-28(9-10-29(24)26)46-32-11-12-39-33-30(32)17-23(3)40-33)34(45)41-27-8-7-25(31(19-27)35(36,37)38)20-43-15-13-42(5-2)14-16-43/h7-12,17-19,24H,4-6,13-16,20-22H2,1-3H3,(H,39,40)(H,41,45). The van der Waals surface area contributed by atoms with Gasteiger partial charge in [0, 0.05) is 69.3 Å². The SMILES string of the molecule is CCCC1CN(C(=O)Nc2ccc(CN3CCN(CC)CC3)c(C(F)(F)F)c2)Cc2cc(Oc3ccnc4[nH]c(C)cc34)ccc21. The molecule has 0 saturated carbocycles. The van der Waals surface area contributed by atoms with Crippen molar-refractivity contribution in [2.75, 3.05) is 44.6 Å². The minimum atomic E-state index is -4.53. The molecule has 8 nitrogen and oxygen atoms in total. The van der Waals surface area contributed by atoms with Gasteiger partial charge in [-0.2, -0.15) is 13.2 Å². The number of halogens is 3. The van der Waals surface area contributed by atoms with Crippen molar-refractivity contribution in [1.82, 2.24) is 24.7 Å². The fraction of sp³-hybridized carbons (Fsp3) is 0.429. The van der Waals surface area contributed by atoms with E-state index in [0.29, 0.717) is 24.6 Å². The Balaban J connectivity index is 1.19. The minimum Gasteiger partial charge on any atom is -0.457 e. The van der Waals surface area contributed by atoms with Gasteiger partial charge >= 0.3 is 12.2 Å². The molecule has 2 aromatic carbocycles. The normalized spacial score (nSPS) is 17.7. The predicted molar refractivity (Wildman–Crippen MR) is 173 cm³/mol. The third-order valence-corrected chi connectivity index (χ3v) is 9.11. The van der Waals surface area contributed by atoms with Gasteiger partial charge in [-0.05, 0) is 73.0 Å². The summed E-state index contributed by atoms with van der Waals surface area (Å²) < 4.78 is 48.9. The molecule has 244 valence electrons. The number of carbonyl (C=O) groups is 1. The number of piperazine rings is 1. The van der Waals surface area contributed by atoms with Gasteiger partial charge in [-0.25, -0.2) is 9.78 Å². The zero-order valence-corrected chi connectivity index (χ0v) is 26.6. The molecule has 46 heavy (non-hydrogen) atoms. The van der Waals surface area contributed by atoms with Gasteiger partial charge < -0.3 is 24.8 Å². The quantitative estimate of drug-likeness (QED) is 0.207. The van der Waals surface area contributed by atoms with Gasteiger partial charge in [-0.1, -0.05) is 32.4 Å². The number of ether oxygens (including phenoxy) is 1. The fourth-order valence-electron chi connectivity index (χ4n) is 6.68. The molecule has 1 unspecified atom stereocenters. The number of aromatic nitrogens is 2. The van der Waals surface area contributed by atoms with E-state index in [1.807, 2.05) is 31.2 Å². The summed E-state index contributed by atoms with van der Waals surface area (Å²) in [6.07, 6.45) is -1.03. The number of nitrogens with one attached hydrogen (secondary N) is 2. The molecule has 1 fully saturated rings. The molecule has 4 heterocycles. The van der Waals surface area contributed by atoms with Crippen LogP contribution in [0.5, 0.6) is 11.5 Å². The maximum absolute atomic E-state index is 14.2. The summed E-state index contributed by atoms with van der Waals surface area (Å²) >= 11 is 0. The number of benzene rings is 2. The number of hydrogen-bond donors (Lipinski definition) is 2. The van der Waals surface area contributed by atoms with Crippen LogP contribution < -0.4 is 10.1 Å². The predicted octanol–water partition coefficient (Wildman–Crippen LogP) is 7.75. The van der Waals surface area contributed by atoms with E-state index < -0.39 is 17.8 Å². The summed E-state index contributed by atoms with van der Waals surface area (Å²) in [5.41, 5.74) is 3.50. The van der Waals surface area contributed by atoms with Crippen LogP contribution in [0.4, 0.5) is 23.7 Å². The summed E-state index contributed by atoms with van der Waals surface area (Å²) in [7, 11) is 0. The van der Waals surface area contributed by atoms with Gasteiger partial charge in [0.2, 0.25) is 0 Å². The number of aromatic amines is 1. The second-order valence-corrected chi connectivity index (χ2v) is 12.4. The van der Waals surface area contributed by atoms with Crippen LogP contribution in [0.2, 0.25) is 0 Å². The molecule has 0 radical (unpaired) electrons. The first kappa shape index (κ1) is 31.9. The molecule has 2 aliphatic heterocycles. The molecule has 2 aliphatic rings. The second kappa shape index (κ2) is 13.3. The highest BCUT2D eigenvalue weighted by Gasteiger charge is 2.35. The van der Waals surface area contributed by atoms with Crippen LogP contribution in [-0.4, -0.2) is 70.0 Å². The Bertz CT molecular complexity index is 1700. The molecule has 1 atom stereocenters. The second-order valence-electron chi connectivity index (χ2n) is 12.4. The highest BCUT2D eigenvalue weighted by Crippen LogP contribution is 2.38.